The lowest BCUT2D eigenvalue weighted by molar-refractivity contribution is 0.194. The molecule has 1 aliphatic rings. The first kappa shape index (κ1) is 13.1. The van der Waals surface area contributed by atoms with Crippen molar-refractivity contribution in [3.63, 3.8) is 0 Å². The molecule has 0 amide bonds. The maximum absolute atomic E-state index is 5.23. The summed E-state index contributed by atoms with van der Waals surface area (Å²) in [6.07, 6.45) is 5.28. The molecule has 1 aliphatic heterocycles. The molecular formula is C15H20N4O. The van der Waals surface area contributed by atoms with Crippen LogP contribution in [0.3, 0.4) is 0 Å². The number of aromatic nitrogens is 2. The number of benzene rings is 1. The van der Waals surface area contributed by atoms with Gasteiger partial charge in [-0.3, -0.25) is 0 Å². The zero-order valence-electron chi connectivity index (χ0n) is 11.7. The van der Waals surface area contributed by atoms with Crippen LogP contribution in [0.2, 0.25) is 0 Å². The molecule has 106 valence electrons. The predicted octanol–water partition coefficient (Wildman–Crippen LogP) is 2.63. The molecule has 1 N–H and O–H groups in total. The topological polar surface area (TPSA) is 54.2 Å². The average molecular weight is 272 g/mol. The summed E-state index contributed by atoms with van der Waals surface area (Å²) in [7, 11) is 2.21. The predicted molar refractivity (Wildman–Crippen MR) is 78.5 cm³/mol. The van der Waals surface area contributed by atoms with Gasteiger partial charge in [0.15, 0.2) is 0 Å². The van der Waals surface area contributed by atoms with Crippen molar-refractivity contribution in [2.75, 3.05) is 25.5 Å². The van der Waals surface area contributed by atoms with Gasteiger partial charge >= 0.3 is 0 Å². The molecule has 1 aromatic carbocycles. The first-order valence-electron chi connectivity index (χ1n) is 7.13. The van der Waals surface area contributed by atoms with Crippen LogP contribution in [0, 0.1) is 0 Å². The fraction of sp³-hybridized carbons (Fsp3) is 0.467. The van der Waals surface area contributed by atoms with Crippen LogP contribution in [-0.2, 0) is 0 Å². The van der Waals surface area contributed by atoms with Gasteiger partial charge in [0.25, 0.3) is 0 Å². The minimum atomic E-state index is 0.559. The number of piperidine rings is 1. The van der Waals surface area contributed by atoms with E-state index in [0.29, 0.717) is 11.9 Å². The molecule has 1 atom stereocenters. The summed E-state index contributed by atoms with van der Waals surface area (Å²) in [6.45, 7) is 2.18. The number of hydrogen-bond donors (Lipinski definition) is 1. The van der Waals surface area contributed by atoms with Gasteiger partial charge in [-0.2, -0.15) is 0 Å². The van der Waals surface area contributed by atoms with Crippen molar-refractivity contribution in [2.45, 2.75) is 25.3 Å². The number of rotatable bonds is 4. The normalized spacial score (nSPS) is 19.9. The van der Waals surface area contributed by atoms with E-state index in [1.165, 1.54) is 32.2 Å². The first-order chi connectivity index (χ1) is 9.83. The Balaban J connectivity index is 1.64. The summed E-state index contributed by atoms with van der Waals surface area (Å²) in [6, 6.07) is 8.73. The van der Waals surface area contributed by atoms with Crippen LogP contribution in [0.4, 0.5) is 5.69 Å². The highest BCUT2D eigenvalue weighted by molar-refractivity contribution is 5.60. The summed E-state index contributed by atoms with van der Waals surface area (Å²) in [5.74, 6) is 0.559. The number of nitrogens with zero attached hydrogens (tertiary/aromatic N) is 3. The molecule has 5 nitrogen and oxygen atoms in total. The number of likely N-dealkylation sites (tertiary alicyclic amines) is 1. The molecule has 5 heteroatoms. The second-order valence-electron chi connectivity index (χ2n) is 5.34. The highest BCUT2D eigenvalue weighted by Crippen LogP contribution is 2.21. The lowest BCUT2D eigenvalue weighted by Crippen LogP contribution is -2.40. The second-order valence-corrected chi connectivity index (χ2v) is 5.34. The van der Waals surface area contributed by atoms with E-state index in [0.717, 1.165) is 17.8 Å². The van der Waals surface area contributed by atoms with Crippen molar-refractivity contribution in [2.24, 2.45) is 0 Å². The average Bonchev–Trinajstić information content (AvgIpc) is 3.01. The minimum absolute atomic E-state index is 0.559. The van der Waals surface area contributed by atoms with Gasteiger partial charge in [0.1, 0.15) is 0 Å². The molecule has 2 aromatic rings. The van der Waals surface area contributed by atoms with Crippen molar-refractivity contribution >= 4 is 5.69 Å². The molecule has 0 radical (unpaired) electrons. The third kappa shape index (κ3) is 2.99. The van der Waals surface area contributed by atoms with Crippen LogP contribution >= 0.6 is 0 Å². The zero-order valence-corrected chi connectivity index (χ0v) is 11.7. The molecule has 0 aliphatic carbocycles. The van der Waals surface area contributed by atoms with Gasteiger partial charge < -0.3 is 14.6 Å². The molecule has 1 saturated heterocycles. The molecule has 0 bridgehead atoms. The largest absolute Gasteiger partial charge is 0.423 e. The Labute approximate surface area is 119 Å². The van der Waals surface area contributed by atoms with Crippen molar-refractivity contribution in [1.29, 1.82) is 0 Å². The summed E-state index contributed by atoms with van der Waals surface area (Å²) in [5, 5.41) is 11.2. The summed E-state index contributed by atoms with van der Waals surface area (Å²) < 4.78 is 5.23. The third-order valence-corrected chi connectivity index (χ3v) is 3.93. The zero-order chi connectivity index (χ0) is 13.8. The molecule has 2 heterocycles. The van der Waals surface area contributed by atoms with E-state index >= 15 is 0 Å². The third-order valence-electron chi connectivity index (χ3n) is 3.93. The van der Waals surface area contributed by atoms with Gasteiger partial charge in [-0.25, -0.2) is 0 Å². The Bertz CT molecular complexity index is 541. The number of hydrogen-bond acceptors (Lipinski definition) is 5. The Morgan fingerprint density at radius 1 is 1.40 bits per heavy atom. The Kier molecular flexibility index (Phi) is 3.97. The van der Waals surface area contributed by atoms with Crippen LogP contribution in [0.1, 0.15) is 19.3 Å². The van der Waals surface area contributed by atoms with Crippen LogP contribution < -0.4 is 5.32 Å². The van der Waals surface area contributed by atoms with Crippen molar-refractivity contribution in [1.82, 2.24) is 15.1 Å². The molecule has 0 spiro atoms. The van der Waals surface area contributed by atoms with E-state index in [-0.39, 0.29) is 0 Å². The fourth-order valence-electron chi connectivity index (χ4n) is 2.70. The Morgan fingerprint density at radius 2 is 2.35 bits per heavy atom. The van der Waals surface area contributed by atoms with E-state index in [2.05, 4.69) is 39.6 Å². The lowest BCUT2D eigenvalue weighted by Gasteiger charge is -2.32. The Hall–Kier alpha value is -1.88. The van der Waals surface area contributed by atoms with E-state index in [1.807, 2.05) is 12.1 Å². The van der Waals surface area contributed by atoms with Crippen molar-refractivity contribution in [3.8, 4) is 11.5 Å². The maximum atomic E-state index is 5.23. The number of likely N-dealkylation sites (N-methyl/N-ethyl adjacent to an activating group) is 1. The minimum Gasteiger partial charge on any atom is -0.423 e. The molecular weight excluding hydrogens is 252 g/mol. The van der Waals surface area contributed by atoms with E-state index in [4.69, 9.17) is 4.42 Å². The molecule has 20 heavy (non-hydrogen) atoms. The van der Waals surface area contributed by atoms with Gasteiger partial charge in [0, 0.05) is 23.8 Å². The van der Waals surface area contributed by atoms with Crippen LogP contribution in [0.5, 0.6) is 0 Å². The van der Waals surface area contributed by atoms with Crippen LogP contribution in [0.15, 0.2) is 35.1 Å². The first-order valence-corrected chi connectivity index (χ1v) is 7.13. The molecule has 1 fully saturated rings. The summed E-state index contributed by atoms with van der Waals surface area (Å²) in [5.41, 5.74) is 2.05. The van der Waals surface area contributed by atoms with Gasteiger partial charge in [0.05, 0.1) is 0 Å². The van der Waals surface area contributed by atoms with Crippen LogP contribution in [0.25, 0.3) is 11.5 Å². The highest BCUT2D eigenvalue weighted by Gasteiger charge is 2.18. The standard InChI is InChI=1S/C15H20N4O/c1-19-8-3-2-7-14(19)10-16-13-6-4-5-12(9-13)15-18-17-11-20-15/h4-6,9,11,14,16H,2-3,7-8,10H2,1H3. The lowest BCUT2D eigenvalue weighted by atomic mass is 10.0. The number of nitrogens with one attached hydrogen (secondary N) is 1. The molecule has 3 rings (SSSR count). The molecule has 1 aromatic heterocycles. The summed E-state index contributed by atoms with van der Waals surface area (Å²) >= 11 is 0. The Morgan fingerprint density at radius 3 is 3.15 bits per heavy atom. The molecule has 1 unspecified atom stereocenters. The maximum Gasteiger partial charge on any atom is 0.247 e. The van der Waals surface area contributed by atoms with Gasteiger partial charge in [-0.1, -0.05) is 12.5 Å². The monoisotopic (exact) mass is 272 g/mol. The van der Waals surface area contributed by atoms with E-state index in [1.54, 1.807) is 0 Å². The highest BCUT2D eigenvalue weighted by atomic mass is 16.4. The van der Waals surface area contributed by atoms with Gasteiger partial charge in [-0.05, 0) is 44.6 Å². The van der Waals surface area contributed by atoms with Crippen LogP contribution in [-0.4, -0.2) is 41.3 Å². The second kappa shape index (κ2) is 6.05. The number of anilines is 1. The van der Waals surface area contributed by atoms with Crippen molar-refractivity contribution < 1.29 is 4.42 Å². The SMILES string of the molecule is CN1CCCCC1CNc1cccc(-c2nnco2)c1. The fourth-order valence-corrected chi connectivity index (χ4v) is 2.70. The van der Waals surface area contributed by atoms with Crippen molar-refractivity contribution in [3.05, 3.63) is 30.7 Å². The van der Waals surface area contributed by atoms with Gasteiger partial charge in [0.2, 0.25) is 12.3 Å². The van der Waals surface area contributed by atoms with E-state index in [9.17, 15) is 0 Å². The van der Waals surface area contributed by atoms with E-state index < -0.39 is 0 Å². The van der Waals surface area contributed by atoms with Gasteiger partial charge in [-0.15, -0.1) is 10.2 Å². The smallest absolute Gasteiger partial charge is 0.247 e. The molecule has 0 saturated carbocycles. The quantitative estimate of drug-likeness (QED) is 0.927. The summed E-state index contributed by atoms with van der Waals surface area (Å²) in [4.78, 5) is 2.44.